The number of rotatable bonds is 8. The standard InChI is InChI=1S/C30H35N7O3.H2S/c1-4-28(39)37-14-13-36(19-22(37)9-11-31)29-25-10-12-35(20-26(25)32-30(33-29)40-16-15-34(2)3)27-18-23(38)17-21-7-5-6-8-24(21)27;/h4-8,17-18,22,38H,1,9-10,12-16,19-20H2,2-3H3;1H2/t22-;/m0./s1. The van der Waals surface area contributed by atoms with E-state index in [0.717, 1.165) is 46.6 Å². The number of phenols is 1. The fourth-order valence-electron chi connectivity index (χ4n) is 5.51. The van der Waals surface area contributed by atoms with Crippen molar-refractivity contribution in [3.05, 3.63) is 60.3 Å². The quantitative estimate of drug-likeness (QED) is 0.406. The molecular weight excluding hydrogens is 538 g/mol. The highest BCUT2D eigenvalue weighted by atomic mass is 32.1. The Morgan fingerprint density at radius 2 is 2.02 bits per heavy atom. The van der Waals surface area contributed by atoms with Gasteiger partial charge in [-0.25, -0.2) is 0 Å². The van der Waals surface area contributed by atoms with Crippen LogP contribution in [0.3, 0.4) is 0 Å². The molecular formula is C30H37N7O3S. The van der Waals surface area contributed by atoms with Crippen LogP contribution >= 0.6 is 13.5 Å². The second kappa shape index (κ2) is 13.1. The van der Waals surface area contributed by atoms with E-state index < -0.39 is 0 Å². The van der Waals surface area contributed by atoms with Gasteiger partial charge in [0, 0.05) is 55.4 Å². The minimum atomic E-state index is -0.258. The predicted octanol–water partition coefficient (Wildman–Crippen LogP) is 3.07. The average molecular weight is 576 g/mol. The first-order valence-corrected chi connectivity index (χ1v) is 13.6. The molecule has 1 aromatic heterocycles. The molecule has 1 amide bonds. The minimum absolute atomic E-state index is 0. The van der Waals surface area contributed by atoms with Gasteiger partial charge in [0.25, 0.3) is 0 Å². The summed E-state index contributed by atoms with van der Waals surface area (Å²) >= 11 is 0. The lowest BCUT2D eigenvalue weighted by molar-refractivity contribution is -0.128. The van der Waals surface area contributed by atoms with E-state index in [9.17, 15) is 15.2 Å². The smallest absolute Gasteiger partial charge is 0.318 e. The van der Waals surface area contributed by atoms with E-state index in [2.05, 4.69) is 28.5 Å². The molecule has 1 atom stereocenters. The van der Waals surface area contributed by atoms with Crippen LogP contribution in [-0.4, -0.2) is 90.2 Å². The van der Waals surface area contributed by atoms with Gasteiger partial charge in [-0.1, -0.05) is 30.8 Å². The van der Waals surface area contributed by atoms with Gasteiger partial charge in [-0.05, 0) is 38.0 Å². The number of carbonyl (C=O) groups is 1. The average Bonchev–Trinajstić information content (AvgIpc) is 2.95. The molecule has 0 radical (unpaired) electrons. The Bertz CT molecular complexity index is 1460. The molecule has 0 spiro atoms. The molecule has 0 aliphatic carbocycles. The van der Waals surface area contributed by atoms with Crippen molar-refractivity contribution >= 4 is 41.7 Å². The number of likely N-dealkylation sites (N-methyl/N-ethyl adjacent to an activating group) is 1. The van der Waals surface area contributed by atoms with Crippen LogP contribution < -0.4 is 14.5 Å². The highest BCUT2D eigenvalue weighted by Crippen LogP contribution is 2.36. The second-order valence-corrected chi connectivity index (χ2v) is 10.5. The molecule has 3 aromatic rings. The summed E-state index contributed by atoms with van der Waals surface area (Å²) < 4.78 is 6.02. The van der Waals surface area contributed by atoms with Crippen LogP contribution in [0.25, 0.3) is 10.8 Å². The highest BCUT2D eigenvalue weighted by molar-refractivity contribution is 7.59. The summed E-state index contributed by atoms with van der Waals surface area (Å²) in [5, 5.41) is 22.0. The van der Waals surface area contributed by atoms with Crippen molar-refractivity contribution in [1.29, 1.82) is 5.26 Å². The summed E-state index contributed by atoms with van der Waals surface area (Å²) in [7, 11) is 3.97. The van der Waals surface area contributed by atoms with Crippen molar-refractivity contribution in [2.24, 2.45) is 0 Å². The molecule has 1 N–H and O–H groups in total. The van der Waals surface area contributed by atoms with Crippen LogP contribution in [0.4, 0.5) is 11.5 Å². The lowest BCUT2D eigenvalue weighted by atomic mass is 10.0. The fourth-order valence-corrected chi connectivity index (χ4v) is 5.51. The minimum Gasteiger partial charge on any atom is -0.508 e. The molecule has 0 bridgehead atoms. The topological polar surface area (TPSA) is 109 Å². The van der Waals surface area contributed by atoms with Gasteiger partial charge in [-0.3, -0.25) is 4.79 Å². The van der Waals surface area contributed by atoms with E-state index in [4.69, 9.17) is 14.7 Å². The molecule has 41 heavy (non-hydrogen) atoms. The highest BCUT2D eigenvalue weighted by Gasteiger charge is 2.33. The number of benzene rings is 2. The monoisotopic (exact) mass is 575 g/mol. The maximum absolute atomic E-state index is 12.5. The number of amides is 1. The molecule has 2 aliphatic rings. The molecule has 0 unspecified atom stereocenters. The molecule has 10 nitrogen and oxygen atoms in total. The maximum Gasteiger partial charge on any atom is 0.318 e. The number of ether oxygens (including phenoxy) is 1. The Morgan fingerprint density at radius 3 is 2.78 bits per heavy atom. The van der Waals surface area contributed by atoms with Crippen molar-refractivity contribution < 1.29 is 14.6 Å². The van der Waals surface area contributed by atoms with Crippen molar-refractivity contribution in [3.8, 4) is 17.8 Å². The zero-order valence-corrected chi connectivity index (χ0v) is 24.6. The third-order valence-electron chi connectivity index (χ3n) is 7.52. The normalized spacial score (nSPS) is 16.6. The number of hydrogen-bond donors (Lipinski definition) is 1. The first kappa shape index (κ1) is 30.0. The van der Waals surface area contributed by atoms with Crippen LogP contribution in [0.1, 0.15) is 17.7 Å². The zero-order chi connectivity index (χ0) is 28.2. The maximum atomic E-state index is 12.5. The summed E-state index contributed by atoms with van der Waals surface area (Å²) in [5.74, 6) is 0.872. The van der Waals surface area contributed by atoms with Crippen molar-refractivity contribution in [1.82, 2.24) is 19.8 Å². The number of nitriles is 1. The van der Waals surface area contributed by atoms with Gasteiger partial charge in [-0.2, -0.15) is 28.7 Å². The van der Waals surface area contributed by atoms with Crippen LogP contribution in [0.2, 0.25) is 0 Å². The molecule has 0 saturated carbocycles. The molecule has 1 fully saturated rings. The Morgan fingerprint density at radius 1 is 1.22 bits per heavy atom. The van der Waals surface area contributed by atoms with Crippen molar-refractivity contribution in [2.45, 2.75) is 25.4 Å². The van der Waals surface area contributed by atoms with Gasteiger partial charge < -0.3 is 29.4 Å². The number of phenolic OH excluding ortho intramolecular Hbond substituents is 1. The molecule has 3 heterocycles. The molecule has 1 saturated heterocycles. The number of fused-ring (bicyclic) bond motifs is 2. The van der Waals surface area contributed by atoms with Gasteiger partial charge in [0.2, 0.25) is 5.91 Å². The van der Waals surface area contributed by atoms with Crippen LogP contribution in [-0.2, 0) is 17.8 Å². The molecule has 11 heteroatoms. The van der Waals surface area contributed by atoms with E-state index in [-0.39, 0.29) is 37.6 Å². The summed E-state index contributed by atoms with van der Waals surface area (Å²) in [5.41, 5.74) is 2.90. The summed E-state index contributed by atoms with van der Waals surface area (Å²) in [6.07, 6.45) is 2.25. The van der Waals surface area contributed by atoms with Crippen LogP contribution in [0.5, 0.6) is 11.8 Å². The van der Waals surface area contributed by atoms with Crippen LogP contribution in [0.15, 0.2) is 49.1 Å². The number of carbonyl (C=O) groups excluding carboxylic acids is 1. The largest absolute Gasteiger partial charge is 0.508 e. The lowest BCUT2D eigenvalue weighted by Crippen LogP contribution is -2.55. The third-order valence-corrected chi connectivity index (χ3v) is 7.52. The van der Waals surface area contributed by atoms with Gasteiger partial charge in [-0.15, -0.1) is 0 Å². The van der Waals surface area contributed by atoms with E-state index in [1.54, 1.807) is 11.0 Å². The Balaban J connectivity index is 0.00000387. The second-order valence-electron chi connectivity index (χ2n) is 10.5. The molecule has 216 valence electrons. The number of nitrogens with zero attached hydrogens (tertiary/aromatic N) is 7. The lowest BCUT2D eigenvalue weighted by Gasteiger charge is -2.42. The number of aromatic hydroxyl groups is 1. The van der Waals surface area contributed by atoms with Gasteiger partial charge in [0.05, 0.1) is 30.8 Å². The number of piperazine rings is 1. The fraction of sp³-hybridized carbons (Fsp3) is 0.400. The molecule has 2 aliphatic heterocycles. The van der Waals surface area contributed by atoms with E-state index in [1.165, 1.54) is 6.08 Å². The Labute approximate surface area is 247 Å². The van der Waals surface area contributed by atoms with E-state index in [0.29, 0.717) is 45.2 Å². The summed E-state index contributed by atoms with van der Waals surface area (Å²) in [6.45, 7) is 7.63. The third kappa shape index (κ3) is 6.50. The Kier molecular flexibility index (Phi) is 9.57. The Hall–Kier alpha value is -4.01. The van der Waals surface area contributed by atoms with E-state index >= 15 is 0 Å². The molecule has 5 rings (SSSR count). The van der Waals surface area contributed by atoms with Gasteiger partial charge >= 0.3 is 6.01 Å². The van der Waals surface area contributed by atoms with Gasteiger partial charge in [0.15, 0.2) is 0 Å². The van der Waals surface area contributed by atoms with Crippen molar-refractivity contribution in [2.75, 3.05) is 63.2 Å². The summed E-state index contributed by atoms with van der Waals surface area (Å²) in [4.78, 5) is 30.3. The van der Waals surface area contributed by atoms with Crippen molar-refractivity contribution in [3.63, 3.8) is 0 Å². The van der Waals surface area contributed by atoms with Gasteiger partial charge in [0.1, 0.15) is 18.2 Å². The number of hydrogen-bond acceptors (Lipinski definition) is 9. The first-order chi connectivity index (χ1) is 19.4. The van der Waals surface area contributed by atoms with E-state index in [1.807, 2.05) is 43.3 Å². The number of anilines is 2. The SMILES string of the molecule is C=CC(=O)N1CCN(c2nc(OCCN(C)C)nc3c2CCN(c2cc(O)cc4ccccc24)C3)C[C@@H]1CC#N.S. The zero-order valence-electron chi connectivity index (χ0n) is 23.6. The number of aromatic nitrogens is 2. The molecule has 2 aromatic carbocycles. The predicted molar refractivity (Wildman–Crippen MR) is 165 cm³/mol. The first-order valence-electron chi connectivity index (χ1n) is 13.6. The summed E-state index contributed by atoms with van der Waals surface area (Å²) in [6, 6.07) is 13.9. The van der Waals surface area contributed by atoms with Crippen LogP contribution in [0, 0.1) is 11.3 Å².